The number of carbonyl (C=O) groups excluding carboxylic acids is 1. The third-order valence-corrected chi connectivity index (χ3v) is 2.98. The summed E-state index contributed by atoms with van der Waals surface area (Å²) in [7, 11) is 0. The predicted octanol–water partition coefficient (Wildman–Crippen LogP) is 1.46. The van der Waals surface area contributed by atoms with Gasteiger partial charge in [-0.05, 0) is 26.3 Å². The lowest BCUT2D eigenvalue weighted by Gasteiger charge is -2.11. The third kappa shape index (κ3) is 1.89. The number of rotatable bonds is 2. The number of hydrogen-bond donors (Lipinski definition) is 1. The second-order valence-electron chi connectivity index (χ2n) is 4.51. The molecule has 4 nitrogen and oxygen atoms in total. The van der Waals surface area contributed by atoms with Crippen LogP contribution in [0.25, 0.3) is 0 Å². The molecule has 2 unspecified atom stereocenters. The molecule has 4 heteroatoms. The van der Waals surface area contributed by atoms with E-state index < -0.39 is 0 Å². The van der Waals surface area contributed by atoms with Crippen molar-refractivity contribution >= 4 is 5.91 Å². The highest BCUT2D eigenvalue weighted by Gasteiger charge is 2.31. The van der Waals surface area contributed by atoms with Crippen LogP contribution in [0, 0.1) is 0 Å². The number of nitrogens with zero attached hydrogens (tertiary/aromatic N) is 2. The quantitative estimate of drug-likeness (QED) is 0.798. The summed E-state index contributed by atoms with van der Waals surface area (Å²) >= 11 is 0. The Hall–Kier alpha value is -1.32. The van der Waals surface area contributed by atoms with Crippen LogP contribution in [0.2, 0.25) is 0 Å². The van der Waals surface area contributed by atoms with Gasteiger partial charge in [-0.15, -0.1) is 0 Å². The van der Waals surface area contributed by atoms with Gasteiger partial charge in [-0.3, -0.25) is 9.48 Å². The molecule has 15 heavy (non-hydrogen) atoms. The molecule has 0 aliphatic carbocycles. The van der Waals surface area contributed by atoms with E-state index in [1.165, 1.54) is 0 Å². The van der Waals surface area contributed by atoms with Crippen LogP contribution < -0.4 is 5.32 Å². The first-order chi connectivity index (χ1) is 7.08. The van der Waals surface area contributed by atoms with E-state index in [9.17, 15) is 4.79 Å². The Kier molecular flexibility index (Phi) is 2.50. The molecule has 1 fully saturated rings. The minimum absolute atomic E-state index is 0.143. The Morgan fingerprint density at radius 2 is 2.33 bits per heavy atom. The first kappa shape index (κ1) is 10.2. The highest BCUT2D eigenvalue weighted by Crippen LogP contribution is 2.28. The van der Waals surface area contributed by atoms with E-state index >= 15 is 0 Å². The van der Waals surface area contributed by atoms with Crippen molar-refractivity contribution in [3.8, 4) is 0 Å². The standard InChI is InChI=1S/C11H17N3O/c1-7(2)14-6-9(5-12-14)10-4-11(15)13-8(10)3/h5-8,10H,4H2,1-3H3,(H,13,15). The Morgan fingerprint density at radius 1 is 1.60 bits per heavy atom. The summed E-state index contributed by atoms with van der Waals surface area (Å²) in [5.74, 6) is 0.426. The fourth-order valence-corrected chi connectivity index (χ4v) is 2.02. The van der Waals surface area contributed by atoms with Gasteiger partial charge in [-0.25, -0.2) is 0 Å². The van der Waals surface area contributed by atoms with Gasteiger partial charge >= 0.3 is 0 Å². The molecule has 1 amide bonds. The molecule has 1 aliphatic heterocycles. The van der Waals surface area contributed by atoms with E-state index in [1.54, 1.807) is 0 Å². The van der Waals surface area contributed by atoms with Crippen LogP contribution >= 0.6 is 0 Å². The molecular formula is C11H17N3O. The van der Waals surface area contributed by atoms with E-state index in [-0.39, 0.29) is 17.9 Å². The molecule has 2 heterocycles. The predicted molar refractivity (Wildman–Crippen MR) is 57.6 cm³/mol. The minimum atomic E-state index is 0.143. The maximum Gasteiger partial charge on any atom is 0.220 e. The van der Waals surface area contributed by atoms with Crippen molar-refractivity contribution < 1.29 is 4.79 Å². The molecule has 1 N–H and O–H groups in total. The van der Waals surface area contributed by atoms with E-state index in [4.69, 9.17) is 0 Å². The highest BCUT2D eigenvalue weighted by atomic mass is 16.1. The topological polar surface area (TPSA) is 46.9 Å². The fraction of sp³-hybridized carbons (Fsp3) is 0.636. The number of aromatic nitrogens is 2. The Balaban J connectivity index is 2.19. The molecule has 1 aromatic rings. The van der Waals surface area contributed by atoms with Gasteiger partial charge in [-0.2, -0.15) is 5.10 Å². The first-order valence-corrected chi connectivity index (χ1v) is 5.41. The largest absolute Gasteiger partial charge is 0.353 e. The maximum atomic E-state index is 11.2. The molecule has 1 aliphatic rings. The number of amides is 1. The summed E-state index contributed by atoms with van der Waals surface area (Å²) in [6.07, 6.45) is 4.51. The zero-order valence-corrected chi connectivity index (χ0v) is 9.40. The Bertz CT molecular complexity index is 370. The zero-order chi connectivity index (χ0) is 11.0. The van der Waals surface area contributed by atoms with Crippen molar-refractivity contribution in [2.45, 2.75) is 45.2 Å². The van der Waals surface area contributed by atoms with E-state index in [2.05, 4.69) is 24.3 Å². The van der Waals surface area contributed by atoms with Gasteiger partial charge in [0.2, 0.25) is 5.91 Å². The third-order valence-electron chi connectivity index (χ3n) is 2.98. The molecule has 82 valence electrons. The Morgan fingerprint density at radius 3 is 2.80 bits per heavy atom. The van der Waals surface area contributed by atoms with Crippen LogP contribution in [0.3, 0.4) is 0 Å². The molecule has 2 atom stereocenters. The van der Waals surface area contributed by atoms with Crippen LogP contribution in [0.4, 0.5) is 0 Å². The van der Waals surface area contributed by atoms with Crippen molar-refractivity contribution in [3.63, 3.8) is 0 Å². The van der Waals surface area contributed by atoms with Gasteiger partial charge in [0.05, 0.1) is 6.20 Å². The van der Waals surface area contributed by atoms with E-state index in [1.807, 2.05) is 24.0 Å². The maximum absolute atomic E-state index is 11.2. The fourth-order valence-electron chi connectivity index (χ4n) is 2.02. The van der Waals surface area contributed by atoms with Crippen molar-refractivity contribution in [1.82, 2.24) is 15.1 Å². The summed E-state index contributed by atoms with van der Waals surface area (Å²) < 4.78 is 1.94. The van der Waals surface area contributed by atoms with Gasteiger partial charge in [-0.1, -0.05) is 0 Å². The lowest BCUT2D eigenvalue weighted by molar-refractivity contribution is -0.119. The van der Waals surface area contributed by atoms with Crippen molar-refractivity contribution in [2.24, 2.45) is 0 Å². The normalized spacial score (nSPS) is 26.0. The highest BCUT2D eigenvalue weighted by molar-refractivity contribution is 5.80. The summed E-state index contributed by atoms with van der Waals surface area (Å²) in [4.78, 5) is 11.2. The second kappa shape index (κ2) is 3.68. The number of nitrogens with one attached hydrogen (secondary N) is 1. The van der Waals surface area contributed by atoms with Gasteiger partial charge in [0.1, 0.15) is 0 Å². The molecule has 2 rings (SSSR count). The van der Waals surface area contributed by atoms with Crippen LogP contribution in [0.1, 0.15) is 44.7 Å². The smallest absolute Gasteiger partial charge is 0.220 e. The van der Waals surface area contributed by atoms with E-state index in [0.29, 0.717) is 12.5 Å². The van der Waals surface area contributed by atoms with Gasteiger partial charge in [0, 0.05) is 30.6 Å². The summed E-state index contributed by atoms with van der Waals surface area (Å²) in [5, 5.41) is 7.23. The zero-order valence-electron chi connectivity index (χ0n) is 9.40. The molecule has 0 saturated carbocycles. The summed E-state index contributed by atoms with van der Waals surface area (Å²) in [6.45, 7) is 6.23. The molecule has 0 bridgehead atoms. The van der Waals surface area contributed by atoms with Gasteiger partial charge < -0.3 is 5.32 Å². The monoisotopic (exact) mass is 207 g/mol. The number of carbonyl (C=O) groups is 1. The Labute approximate surface area is 89.7 Å². The molecular weight excluding hydrogens is 190 g/mol. The average molecular weight is 207 g/mol. The van der Waals surface area contributed by atoms with Crippen LogP contribution in [0.5, 0.6) is 0 Å². The lowest BCUT2D eigenvalue weighted by atomic mass is 9.96. The SMILES string of the molecule is CC1NC(=O)CC1c1cnn(C(C)C)c1. The molecule has 0 spiro atoms. The van der Waals surface area contributed by atoms with Crippen molar-refractivity contribution in [1.29, 1.82) is 0 Å². The lowest BCUT2D eigenvalue weighted by Crippen LogP contribution is -2.24. The minimum Gasteiger partial charge on any atom is -0.353 e. The first-order valence-electron chi connectivity index (χ1n) is 5.41. The summed E-state index contributed by atoms with van der Waals surface area (Å²) in [6, 6.07) is 0.599. The van der Waals surface area contributed by atoms with E-state index in [0.717, 1.165) is 5.56 Å². The summed E-state index contributed by atoms with van der Waals surface area (Å²) in [5.41, 5.74) is 1.16. The van der Waals surface area contributed by atoms with Gasteiger partial charge in [0.15, 0.2) is 0 Å². The van der Waals surface area contributed by atoms with Crippen LogP contribution in [-0.4, -0.2) is 21.7 Å². The van der Waals surface area contributed by atoms with Crippen molar-refractivity contribution in [3.05, 3.63) is 18.0 Å². The molecule has 0 radical (unpaired) electrons. The average Bonchev–Trinajstić information content (AvgIpc) is 2.71. The molecule has 0 aromatic carbocycles. The van der Waals surface area contributed by atoms with Gasteiger partial charge in [0.25, 0.3) is 0 Å². The van der Waals surface area contributed by atoms with Crippen molar-refractivity contribution in [2.75, 3.05) is 0 Å². The number of hydrogen-bond acceptors (Lipinski definition) is 2. The second-order valence-corrected chi connectivity index (χ2v) is 4.51. The molecule has 1 saturated heterocycles. The van der Waals surface area contributed by atoms with Crippen LogP contribution in [0.15, 0.2) is 12.4 Å². The van der Waals surface area contributed by atoms with Crippen LogP contribution in [-0.2, 0) is 4.79 Å². The molecule has 1 aromatic heterocycles.